The number of carbonyl (C=O) groups is 2. The molecule has 5 rings (SSSR count). The standard InChI is InChI=1S/C25H28N4O4/c30-24(8-10-29-22-3-1-2-4-23(22)33-18-25(29)31)26-20-5-6-21-19(17-20)7-9-28(21)12-11-27-13-15-32-16-14-27/h1-7,9,17H,8,10-16,18H2,(H,26,30). The molecule has 0 unspecified atom stereocenters. The van der Waals surface area contributed by atoms with E-state index in [1.165, 1.54) is 0 Å². The van der Waals surface area contributed by atoms with Gasteiger partial charge in [-0.15, -0.1) is 0 Å². The Bertz CT molecular complexity index is 1150. The van der Waals surface area contributed by atoms with Gasteiger partial charge in [-0.3, -0.25) is 14.5 Å². The number of para-hydroxylation sites is 2. The van der Waals surface area contributed by atoms with Crippen LogP contribution in [0.1, 0.15) is 6.42 Å². The fourth-order valence-corrected chi connectivity index (χ4v) is 4.38. The summed E-state index contributed by atoms with van der Waals surface area (Å²) in [5.74, 6) is 0.403. The molecule has 2 aliphatic heterocycles. The molecule has 1 fully saturated rings. The summed E-state index contributed by atoms with van der Waals surface area (Å²) in [6.07, 6.45) is 2.30. The molecule has 0 spiro atoms. The van der Waals surface area contributed by atoms with E-state index in [2.05, 4.69) is 27.0 Å². The Hall–Kier alpha value is -3.36. The van der Waals surface area contributed by atoms with E-state index in [1.54, 1.807) is 4.90 Å². The summed E-state index contributed by atoms with van der Waals surface area (Å²) in [6, 6.07) is 15.4. The van der Waals surface area contributed by atoms with E-state index in [4.69, 9.17) is 9.47 Å². The van der Waals surface area contributed by atoms with E-state index in [0.717, 1.165) is 56.0 Å². The lowest BCUT2D eigenvalue weighted by atomic mass is 10.2. The highest BCUT2D eigenvalue weighted by Crippen LogP contribution is 2.31. The Morgan fingerprint density at radius 2 is 1.85 bits per heavy atom. The Morgan fingerprint density at radius 1 is 1.00 bits per heavy atom. The number of aromatic nitrogens is 1. The number of nitrogens with one attached hydrogen (secondary N) is 1. The second-order valence-electron chi connectivity index (χ2n) is 8.34. The third-order valence-corrected chi connectivity index (χ3v) is 6.19. The molecule has 0 aliphatic carbocycles. The van der Waals surface area contributed by atoms with Gasteiger partial charge in [-0.2, -0.15) is 0 Å². The Labute approximate surface area is 192 Å². The molecule has 3 heterocycles. The van der Waals surface area contributed by atoms with Crippen molar-refractivity contribution < 1.29 is 19.1 Å². The number of hydrogen-bond acceptors (Lipinski definition) is 5. The molecule has 2 aromatic carbocycles. The average Bonchev–Trinajstić information content (AvgIpc) is 3.25. The highest BCUT2D eigenvalue weighted by molar-refractivity contribution is 5.99. The van der Waals surface area contributed by atoms with Gasteiger partial charge in [0.2, 0.25) is 5.91 Å². The Kier molecular flexibility index (Phi) is 6.28. The van der Waals surface area contributed by atoms with Crippen LogP contribution >= 0.6 is 0 Å². The van der Waals surface area contributed by atoms with Gasteiger partial charge in [-0.25, -0.2) is 0 Å². The summed E-state index contributed by atoms with van der Waals surface area (Å²) in [7, 11) is 0. The second-order valence-corrected chi connectivity index (χ2v) is 8.34. The van der Waals surface area contributed by atoms with Crippen molar-refractivity contribution in [2.24, 2.45) is 0 Å². The molecule has 0 atom stereocenters. The molecule has 1 saturated heterocycles. The van der Waals surface area contributed by atoms with E-state index in [-0.39, 0.29) is 24.8 Å². The van der Waals surface area contributed by atoms with Crippen molar-refractivity contribution in [1.29, 1.82) is 0 Å². The molecule has 3 aromatic rings. The number of ether oxygens (including phenoxy) is 2. The maximum Gasteiger partial charge on any atom is 0.265 e. The first-order valence-corrected chi connectivity index (χ1v) is 11.4. The number of rotatable bonds is 7. The third kappa shape index (κ3) is 4.86. The van der Waals surface area contributed by atoms with E-state index in [0.29, 0.717) is 18.0 Å². The van der Waals surface area contributed by atoms with Gasteiger partial charge < -0.3 is 24.3 Å². The van der Waals surface area contributed by atoms with Crippen LogP contribution in [-0.4, -0.2) is 67.3 Å². The van der Waals surface area contributed by atoms with Crippen LogP contribution < -0.4 is 15.0 Å². The first kappa shape index (κ1) is 21.5. The van der Waals surface area contributed by atoms with Gasteiger partial charge >= 0.3 is 0 Å². The average molecular weight is 449 g/mol. The summed E-state index contributed by atoms with van der Waals surface area (Å²) in [5.41, 5.74) is 2.62. The van der Waals surface area contributed by atoms with Gasteiger partial charge in [-0.1, -0.05) is 12.1 Å². The molecule has 8 heteroatoms. The van der Waals surface area contributed by atoms with Crippen molar-refractivity contribution >= 4 is 34.1 Å². The van der Waals surface area contributed by atoms with Gasteiger partial charge in [0.05, 0.1) is 18.9 Å². The number of amides is 2. The molecular weight excluding hydrogens is 420 g/mol. The second kappa shape index (κ2) is 9.64. The van der Waals surface area contributed by atoms with Crippen molar-refractivity contribution in [1.82, 2.24) is 9.47 Å². The SMILES string of the molecule is O=C(CCN1C(=O)COc2ccccc21)Nc1ccc2c(ccn2CCN2CCOCC2)c1. The lowest BCUT2D eigenvalue weighted by Gasteiger charge is -2.29. The van der Waals surface area contributed by atoms with Gasteiger partial charge in [0.15, 0.2) is 6.61 Å². The van der Waals surface area contributed by atoms with Gasteiger partial charge in [-0.05, 0) is 36.4 Å². The lowest BCUT2D eigenvalue weighted by Crippen LogP contribution is -2.40. The predicted molar refractivity (Wildman–Crippen MR) is 127 cm³/mol. The zero-order valence-electron chi connectivity index (χ0n) is 18.5. The maximum absolute atomic E-state index is 12.6. The van der Waals surface area contributed by atoms with Gasteiger partial charge in [0.25, 0.3) is 5.91 Å². The number of fused-ring (bicyclic) bond motifs is 2. The number of nitrogens with zero attached hydrogens (tertiary/aromatic N) is 3. The van der Waals surface area contributed by atoms with Crippen LogP contribution in [0.3, 0.4) is 0 Å². The molecule has 2 aliphatic rings. The van der Waals surface area contributed by atoms with Crippen molar-refractivity contribution in [3.63, 3.8) is 0 Å². The summed E-state index contributed by atoms with van der Waals surface area (Å²) in [5, 5.41) is 4.06. The molecule has 1 aromatic heterocycles. The number of hydrogen-bond donors (Lipinski definition) is 1. The first-order valence-electron chi connectivity index (χ1n) is 11.4. The van der Waals surface area contributed by atoms with Crippen LogP contribution in [0, 0.1) is 0 Å². The quantitative estimate of drug-likeness (QED) is 0.602. The van der Waals surface area contributed by atoms with Crippen molar-refractivity contribution in [3.05, 3.63) is 54.7 Å². The first-order chi connectivity index (χ1) is 16.2. The Balaban J connectivity index is 1.18. The molecule has 1 N–H and O–H groups in total. The number of morpholine rings is 1. The molecule has 172 valence electrons. The highest BCUT2D eigenvalue weighted by Gasteiger charge is 2.25. The van der Waals surface area contributed by atoms with E-state index < -0.39 is 0 Å². The number of anilines is 2. The fraction of sp³-hybridized carbons (Fsp3) is 0.360. The summed E-state index contributed by atoms with van der Waals surface area (Å²) >= 11 is 0. The normalized spacial score (nSPS) is 16.5. The molecule has 0 bridgehead atoms. The van der Waals surface area contributed by atoms with E-state index in [9.17, 15) is 9.59 Å². The van der Waals surface area contributed by atoms with Crippen LogP contribution in [0.4, 0.5) is 11.4 Å². The van der Waals surface area contributed by atoms with Crippen LogP contribution in [0.25, 0.3) is 10.9 Å². The fourth-order valence-electron chi connectivity index (χ4n) is 4.38. The largest absolute Gasteiger partial charge is 0.482 e. The molecular formula is C25H28N4O4. The van der Waals surface area contributed by atoms with E-state index in [1.807, 2.05) is 42.5 Å². The van der Waals surface area contributed by atoms with Crippen molar-refractivity contribution in [2.75, 3.05) is 56.2 Å². The minimum atomic E-state index is -0.138. The molecule has 0 saturated carbocycles. The lowest BCUT2D eigenvalue weighted by molar-refractivity contribution is -0.121. The zero-order valence-corrected chi connectivity index (χ0v) is 18.5. The summed E-state index contributed by atoms with van der Waals surface area (Å²) in [6.45, 7) is 5.81. The van der Waals surface area contributed by atoms with Crippen LogP contribution in [0.2, 0.25) is 0 Å². The maximum atomic E-state index is 12.6. The molecule has 33 heavy (non-hydrogen) atoms. The number of carbonyl (C=O) groups excluding carboxylic acids is 2. The minimum absolute atomic E-state index is 0.00216. The predicted octanol–water partition coefficient (Wildman–Crippen LogP) is 2.73. The monoisotopic (exact) mass is 448 g/mol. The smallest absolute Gasteiger partial charge is 0.265 e. The van der Waals surface area contributed by atoms with Crippen LogP contribution in [0.5, 0.6) is 5.75 Å². The molecule has 0 radical (unpaired) electrons. The van der Waals surface area contributed by atoms with Crippen LogP contribution in [0.15, 0.2) is 54.7 Å². The van der Waals surface area contributed by atoms with Crippen molar-refractivity contribution in [2.45, 2.75) is 13.0 Å². The van der Waals surface area contributed by atoms with Gasteiger partial charge in [0.1, 0.15) is 5.75 Å². The topological polar surface area (TPSA) is 76.0 Å². The van der Waals surface area contributed by atoms with Crippen LogP contribution in [-0.2, 0) is 20.9 Å². The minimum Gasteiger partial charge on any atom is -0.482 e. The summed E-state index contributed by atoms with van der Waals surface area (Å²) < 4.78 is 13.1. The third-order valence-electron chi connectivity index (χ3n) is 6.19. The van der Waals surface area contributed by atoms with E-state index >= 15 is 0 Å². The van der Waals surface area contributed by atoms with Gasteiger partial charge in [0, 0.05) is 61.9 Å². The number of benzene rings is 2. The zero-order chi connectivity index (χ0) is 22.6. The molecule has 8 nitrogen and oxygen atoms in total. The van der Waals surface area contributed by atoms with Crippen molar-refractivity contribution in [3.8, 4) is 5.75 Å². The molecule has 2 amide bonds. The highest BCUT2D eigenvalue weighted by atomic mass is 16.5. The summed E-state index contributed by atoms with van der Waals surface area (Å²) in [4.78, 5) is 28.9. The Morgan fingerprint density at radius 3 is 2.73 bits per heavy atom.